The molecule has 8 N–H and O–H groups in total. The highest BCUT2D eigenvalue weighted by Crippen LogP contribution is 2.12. The number of benzene rings is 1. The normalized spacial score (nSPS) is 9.96. The van der Waals surface area contributed by atoms with Gasteiger partial charge in [0.05, 0.1) is 6.61 Å². The Morgan fingerprint density at radius 3 is 1.58 bits per heavy atom. The topological polar surface area (TPSA) is 154 Å². The first kappa shape index (κ1) is 29.6. The summed E-state index contributed by atoms with van der Waals surface area (Å²) in [6, 6.07) is 10.1. The van der Waals surface area contributed by atoms with Crippen molar-refractivity contribution in [3.05, 3.63) is 30.3 Å². The summed E-state index contributed by atoms with van der Waals surface area (Å²) in [5, 5.41) is 0. The first-order valence-electron chi connectivity index (χ1n) is 8.81. The Labute approximate surface area is 159 Å². The zero-order valence-corrected chi connectivity index (χ0v) is 16.9. The lowest BCUT2D eigenvalue weighted by atomic mass is 10.1. The van der Waals surface area contributed by atoms with Gasteiger partial charge < -0.3 is 17.0 Å². The number of para-hydroxylation sites is 1. The molecule has 156 valence electrons. The van der Waals surface area contributed by atoms with Gasteiger partial charge in [-0.05, 0) is 18.6 Å². The predicted octanol–water partition coefficient (Wildman–Crippen LogP) is 5.66. The first-order valence-corrected chi connectivity index (χ1v) is 10.2. The van der Waals surface area contributed by atoms with Gasteiger partial charge in [0, 0.05) is 0 Å². The van der Waals surface area contributed by atoms with E-state index in [-0.39, 0.29) is 12.3 Å². The second-order valence-electron chi connectivity index (χ2n) is 5.79. The first-order chi connectivity index (χ1) is 11.4. The highest BCUT2D eigenvalue weighted by molar-refractivity contribution is 7.79. The monoisotopic (exact) mass is 394 g/mol. The van der Waals surface area contributed by atoms with Crippen LogP contribution in [0.1, 0.15) is 71.1 Å². The molecule has 0 unspecified atom stereocenters. The van der Waals surface area contributed by atoms with E-state index in [0.29, 0.717) is 0 Å². The van der Waals surface area contributed by atoms with E-state index >= 15 is 0 Å². The molecule has 0 saturated carbocycles. The van der Waals surface area contributed by atoms with Crippen molar-refractivity contribution in [2.24, 2.45) is 0 Å². The van der Waals surface area contributed by atoms with Crippen LogP contribution in [-0.4, -0.2) is 24.1 Å². The molecule has 0 bridgehead atoms. The average Bonchev–Trinajstić information content (AvgIpc) is 2.52. The van der Waals surface area contributed by atoms with Gasteiger partial charge in [-0.1, -0.05) is 82.9 Å². The van der Waals surface area contributed by atoms with E-state index in [1.165, 1.54) is 64.2 Å². The van der Waals surface area contributed by atoms with Gasteiger partial charge in [-0.2, -0.15) is 8.42 Å². The summed E-state index contributed by atoms with van der Waals surface area (Å²) in [6.07, 6.45) is 13.7. The molecular formula is C18H38N2O5S. The molecule has 0 amide bonds. The molecule has 0 heterocycles. The number of hydrogen-bond donors (Lipinski definition) is 4. The minimum absolute atomic E-state index is 0. The highest BCUT2D eigenvalue weighted by atomic mass is 32.3. The lowest BCUT2D eigenvalue weighted by Crippen LogP contribution is -1.96. The zero-order chi connectivity index (χ0) is 18.1. The molecule has 0 radical (unpaired) electrons. The van der Waals surface area contributed by atoms with E-state index in [4.69, 9.17) is 22.3 Å². The van der Waals surface area contributed by atoms with Gasteiger partial charge in [0.15, 0.2) is 0 Å². The van der Waals surface area contributed by atoms with Crippen LogP contribution < -0.4 is 17.0 Å². The third-order valence-electron chi connectivity index (χ3n) is 3.51. The molecule has 0 aliphatic carbocycles. The van der Waals surface area contributed by atoms with Crippen molar-refractivity contribution < 1.29 is 22.3 Å². The van der Waals surface area contributed by atoms with Crippen LogP contribution in [0.5, 0.6) is 5.75 Å². The van der Waals surface area contributed by atoms with Gasteiger partial charge in [-0.25, -0.2) is 0 Å². The van der Waals surface area contributed by atoms with Crippen molar-refractivity contribution in [1.29, 1.82) is 0 Å². The molecule has 0 spiro atoms. The Balaban J connectivity index is -0.000000668. The lowest BCUT2D eigenvalue weighted by Gasteiger charge is -2.05. The molecule has 0 atom stereocenters. The van der Waals surface area contributed by atoms with E-state index in [1.807, 2.05) is 30.3 Å². The van der Waals surface area contributed by atoms with Gasteiger partial charge in [-0.15, -0.1) is 0 Å². The molecule has 8 heteroatoms. The molecule has 26 heavy (non-hydrogen) atoms. The Morgan fingerprint density at radius 2 is 1.15 bits per heavy atom. The van der Waals surface area contributed by atoms with E-state index < -0.39 is 10.4 Å². The maximum Gasteiger partial charge on any atom is 0.394 e. The van der Waals surface area contributed by atoms with Crippen molar-refractivity contribution in [2.75, 3.05) is 6.61 Å². The minimum atomic E-state index is -4.67. The van der Waals surface area contributed by atoms with Crippen molar-refractivity contribution in [3.63, 3.8) is 0 Å². The predicted molar refractivity (Wildman–Crippen MR) is 108 cm³/mol. The van der Waals surface area contributed by atoms with Crippen LogP contribution in [0.4, 0.5) is 0 Å². The number of unbranched alkanes of at least 4 members (excludes halogenated alkanes) is 9. The molecule has 1 aromatic rings. The maximum atomic E-state index is 8.74. The van der Waals surface area contributed by atoms with Crippen LogP contribution >= 0.6 is 0 Å². The smallest absolute Gasteiger partial charge is 0.394 e. The summed E-state index contributed by atoms with van der Waals surface area (Å²) >= 11 is 0. The molecule has 0 fully saturated rings. The largest absolute Gasteiger partial charge is 0.494 e. The molecular weight excluding hydrogens is 356 g/mol. The van der Waals surface area contributed by atoms with Crippen LogP contribution in [0.2, 0.25) is 0 Å². The fourth-order valence-electron chi connectivity index (χ4n) is 2.30. The quantitative estimate of drug-likeness (QED) is 0.263. The van der Waals surface area contributed by atoms with Crippen molar-refractivity contribution >= 4 is 10.4 Å². The van der Waals surface area contributed by atoms with Crippen molar-refractivity contribution in [2.45, 2.75) is 71.1 Å². The fourth-order valence-corrected chi connectivity index (χ4v) is 2.30. The van der Waals surface area contributed by atoms with Gasteiger partial charge in [0.2, 0.25) is 0 Å². The Kier molecular flexibility index (Phi) is 22.9. The Bertz CT molecular complexity index is 476. The molecule has 1 rings (SSSR count). The summed E-state index contributed by atoms with van der Waals surface area (Å²) in [5.74, 6) is 0.999. The fraction of sp³-hybridized carbons (Fsp3) is 0.667. The molecule has 0 aliphatic rings. The van der Waals surface area contributed by atoms with Crippen molar-refractivity contribution in [3.8, 4) is 5.75 Å². The van der Waals surface area contributed by atoms with Crippen LogP contribution in [-0.2, 0) is 10.4 Å². The van der Waals surface area contributed by atoms with E-state index in [2.05, 4.69) is 6.92 Å². The van der Waals surface area contributed by atoms with Gasteiger partial charge >= 0.3 is 10.4 Å². The lowest BCUT2D eigenvalue weighted by molar-refractivity contribution is 0.304. The third kappa shape index (κ3) is 27.6. The minimum Gasteiger partial charge on any atom is -0.494 e. The van der Waals surface area contributed by atoms with Gasteiger partial charge in [0.25, 0.3) is 0 Å². The van der Waals surface area contributed by atoms with Gasteiger partial charge in [-0.3, -0.25) is 9.11 Å². The second kappa shape index (κ2) is 20.1. The van der Waals surface area contributed by atoms with E-state index in [0.717, 1.165) is 12.4 Å². The molecule has 0 saturated heterocycles. The summed E-state index contributed by atoms with van der Waals surface area (Å²) in [5.41, 5.74) is 0. The molecule has 7 nitrogen and oxygen atoms in total. The number of ether oxygens (including phenoxy) is 1. The van der Waals surface area contributed by atoms with Crippen LogP contribution in [0, 0.1) is 0 Å². The number of hydrogen-bond acceptors (Lipinski definition) is 5. The standard InChI is InChI=1S/C18H30O.2H3N.H2O4S/c1-2-3-4-5-6-7-8-9-10-14-17-19-18-15-12-11-13-16-18;;;1-5(2,3)4/h11-13,15-16H,2-10,14,17H2,1H3;2*1H3;(H2,1,2,3,4). The van der Waals surface area contributed by atoms with E-state index in [9.17, 15) is 0 Å². The summed E-state index contributed by atoms with van der Waals surface area (Å²) in [4.78, 5) is 0. The molecule has 0 aromatic heterocycles. The average molecular weight is 395 g/mol. The summed E-state index contributed by atoms with van der Waals surface area (Å²) in [6.45, 7) is 3.14. The second-order valence-corrected chi connectivity index (χ2v) is 6.69. The highest BCUT2D eigenvalue weighted by Gasteiger charge is 1.94. The SMILES string of the molecule is CCCCCCCCCCCCOc1ccccc1.N.N.O=S(=O)(O)O. The molecule has 1 aromatic carbocycles. The molecule has 0 aliphatic heterocycles. The Hall–Kier alpha value is -1.19. The van der Waals surface area contributed by atoms with Crippen LogP contribution in [0.15, 0.2) is 30.3 Å². The zero-order valence-electron chi connectivity index (χ0n) is 16.1. The van der Waals surface area contributed by atoms with Crippen molar-refractivity contribution in [1.82, 2.24) is 12.3 Å². The summed E-state index contributed by atoms with van der Waals surface area (Å²) in [7, 11) is -4.67. The maximum absolute atomic E-state index is 8.74. The van der Waals surface area contributed by atoms with Crippen LogP contribution in [0.3, 0.4) is 0 Å². The number of rotatable bonds is 12. The van der Waals surface area contributed by atoms with E-state index in [1.54, 1.807) is 0 Å². The Morgan fingerprint density at radius 1 is 0.769 bits per heavy atom. The summed E-state index contributed by atoms with van der Waals surface area (Å²) < 4.78 is 37.3. The van der Waals surface area contributed by atoms with Gasteiger partial charge in [0.1, 0.15) is 5.75 Å². The van der Waals surface area contributed by atoms with Crippen LogP contribution in [0.25, 0.3) is 0 Å². The third-order valence-corrected chi connectivity index (χ3v) is 3.51.